The molecule has 1 aliphatic heterocycles. The van der Waals surface area contributed by atoms with Gasteiger partial charge in [0.05, 0.1) is 0 Å². The zero-order valence-electron chi connectivity index (χ0n) is 10.3. The molecule has 0 unspecified atom stereocenters. The number of nitrogens with one attached hydrogen (secondary N) is 1. The maximum atomic E-state index is 11.8. The molecule has 1 saturated heterocycles. The van der Waals surface area contributed by atoms with Gasteiger partial charge >= 0.3 is 119 Å². The van der Waals surface area contributed by atoms with E-state index in [1.54, 1.807) is 0 Å². The monoisotopic (exact) mass is 387 g/mol. The van der Waals surface area contributed by atoms with E-state index in [9.17, 15) is 4.79 Å². The minimum atomic E-state index is -0.445. The van der Waals surface area contributed by atoms with Gasteiger partial charge in [0.25, 0.3) is 0 Å². The van der Waals surface area contributed by atoms with E-state index < -0.39 is 6.04 Å². The molecule has 104 valence electrons. The molecule has 0 aliphatic carbocycles. The van der Waals surface area contributed by atoms with Crippen molar-refractivity contribution in [1.82, 2.24) is 5.32 Å². The molecule has 18 heavy (non-hydrogen) atoms. The van der Waals surface area contributed by atoms with Crippen molar-refractivity contribution in [1.29, 1.82) is 0 Å². The number of rotatable bonds is 6. The van der Waals surface area contributed by atoms with Crippen molar-refractivity contribution >= 4 is 38.1 Å². The fourth-order valence-electron chi connectivity index (χ4n) is 1.54. The average molecular weight is 385 g/mol. The fourth-order valence-corrected chi connectivity index (χ4v) is 8.83. The van der Waals surface area contributed by atoms with Gasteiger partial charge in [-0.1, -0.05) is 0 Å². The molecule has 6 nitrogen and oxygen atoms in total. The number of hydrogen-bond acceptors (Lipinski definition) is 3. The van der Waals surface area contributed by atoms with E-state index in [0.29, 0.717) is 19.0 Å². The summed E-state index contributed by atoms with van der Waals surface area (Å²) in [6.45, 7) is 0.526. The van der Waals surface area contributed by atoms with Crippen molar-refractivity contribution in [2.45, 2.75) is 42.0 Å². The molecule has 1 aliphatic rings. The first-order valence-corrected chi connectivity index (χ1v) is 12.7. The molecule has 1 fully saturated rings. The summed E-state index contributed by atoms with van der Waals surface area (Å²) < 4.78 is 0. The van der Waals surface area contributed by atoms with E-state index in [-0.39, 0.29) is 11.9 Å². The Hall–Kier alpha value is -0.261. The predicted octanol–water partition coefficient (Wildman–Crippen LogP) is -1.58. The van der Waals surface area contributed by atoms with Gasteiger partial charge in [0, 0.05) is 0 Å². The van der Waals surface area contributed by atoms with Gasteiger partial charge < -0.3 is 0 Å². The van der Waals surface area contributed by atoms with E-state index in [4.69, 9.17) is 17.2 Å². The molecule has 0 spiro atoms. The van der Waals surface area contributed by atoms with Gasteiger partial charge in [0.1, 0.15) is 0 Å². The summed E-state index contributed by atoms with van der Waals surface area (Å²) in [5, 5.41) is 5.50. The Balaban J connectivity index is 2.17. The van der Waals surface area contributed by atoms with Crippen LogP contribution in [0.1, 0.15) is 19.3 Å². The van der Waals surface area contributed by atoms with Gasteiger partial charge in [-0.05, 0) is 0 Å². The third-order valence-corrected chi connectivity index (χ3v) is 9.99. The standard InChI is InChI=1S/C10H21N5OSe2/c11-8(2-1-4-14-10(12)13)9(16)15-7-3-5-17-18-6-7/h7-8H,1-6,11H2,(H,15,16)(H4,12,13,14)/t7-,8-/m0/s1. The molecule has 0 aromatic carbocycles. The Morgan fingerprint density at radius 2 is 2.22 bits per heavy atom. The molecule has 1 rings (SSSR count). The summed E-state index contributed by atoms with van der Waals surface area (Å²) in [7, 11) is 0. The van der Waals surface area contributed by atoms with Crippen molar-refractivity contribution in [3.63, 3.8) is 0 Å². The summed E-state index contributed by atoms with van der Waals surface area (Å²) in [6, 6.07) is -0.0870. The van der Waals surface area contributed by atoms with E-state index in [1.165, 1.54) is 10.6 Å². The molecular weight excluding hydrogens is 364 g/mol. The van der Waals surface area contributed by atoms with Crippen LogP contribution in [0.25, 0.3) is 0 Å². The summed E-state index contributed by atoms with van der Waals surface area (Å²) >= 11 is 1.59. The van der Waals surface area contributed by atoms with E-state index in [0.717, 1.165) is 39.1 Å². The molecular formula is C10H21N5OSe2. The minimum absolute atomic E-state index is 0.0325. The Kier molecular flexibility index (Phi) is 7.70. The number of carbonyl (C=O) groups is 1. The third kappa shape index (κ3) is 6.61. The summed E-state index contributed by atoms with van der Waals surface area (Å²) in [4.78, 5) is 15.7. The Morgan fingerprint density at radius 1 is 1.44 bits per heavy atom. The van der Waals surface area contributed by atoms with Crippen molar-refractivity contribution in [3.8, 4) is 0 Å². The zero-order chi connectivity index (χ0) is 13.4. The molecule has 0 saturated carbocycles. The molecule has 8 heteroatoms. The van der Waals surface area contributed by atoms with Crippen molar-refractivity contribution in [2.75, 3.05) is 6.54 Å². The fraction of sp³-hybridized carbons (Fsp3) is 0.800. The maximum absolute atomic E-state index is 11.8. The summed E-state index contributed by atoms with van der Waals surface area (Å²) in [6.07, 6.45) is 2.46. The quantitative estimate of drug-likeness (QED) is 0.191. The molecule has 7 N–H and O–H groups in total. The molecule has 1 heterocycles. The van der Waals surface area contributed by atoms with Crippen LogP contribution in [-0.2, 0) is 4.79 Å². The molecule has 0 radical (unpaired) electrons. The number of guanidine groups is 1. The van der Waals surface area contributed by atoms with Crippen molar-refractivity contribution in [3.05, 3.63) is 0 Å². The van der Waals surface area contributed by atoms with Crippen molar-refractivity contribution < 1.29 is 4.79 Å². The first kappa shape index (κ1) is 15.8. The number of amides is 1. The Bertz CT molecular complexity index is 290. The van der Waals surface area contributed by atoms with E-state index >= 15 is 0 Å². The van der Waals surface area contributed by atoms with Crippen LogP contribution >= 0.6 is 0 Å². The normalized spacial score (nSPS) is 21.1. The molecule has 0 aromatic rings. The van der Waals surface area contributed by atoms with Gasteiger partial charge in [-0.3, -0.25) is 0 Å². The van der Waals surface area contributed by atoms with Crippen LogP contribution < -0.4 is 22.5 Å². The van der Waals surface area contributed by atoms with Crippen LogP contribution in [0.15, 0.2) is 4.99 Å². The zero-order valence-corrected chi connectivity index (χ0v) is 13.7. The van der Waals surface area contributed by atoms with Gasteiger partial charge in [-0.2, -0.15) is 0 Å². The Labute approximate surface area is 119 Å². The van der Waals surface area contributed by atoms with Crippen LogP contribution in [0.4, 0.5) is 0 Å². The summed E-state index contributed by atoms with van der Waals surface area (Å²) in [5.74, 6) is 0.0502. The predicted molar refractivity (Wildman–Crippen MR) is 75.6 cm³/mol. The second kappa shape index (κ2) is 8.77. The first-order valence-electron chi connectivity index (χ1n) is 5.95. The topological polar surface area (TPSA) is 120 Å². The van der Waals surface area contributed by atoms with E-state index in [2.05, 4.69) is 10.3 Å². The van der Waals surface area contributed by atoms with Gasteiger partial charge in [-0.25, -0.2) is 0 Å². The SMILES string of the molecule is NC(N)=NCCC[C@H](N)C(=O)N[C@H]1CC[Se][Se]C1. The van der Waals surface area contributed by atoms with E-state index in [1.807, 2.05) is 0 Å². The van der Waals surface area contributed by atoms with Crippen LogP contribution in [0.2, 0.25) is 10.6 Å². The third-order valence-electron chi connectivity index (χ3n) is 2.55. The van der Waals surface area contributed by atoms with Gasteiger partial charge in [0.15, 0.2) is 0 Å². The molecule has 0 aromatic heterocycles. The van der Waals surface area contributed by atoms with Crippen LogP contribution in [0, 0.1) is 0 Å². The first-order chi connectivity index (χ1) is 8.59. The van der Waals surface area contributed by atoms with Crippen LogP contribution in [-0.4, -0.2) is 56.8 Å². The number of nitrogens with two attached hydrogens (primary N) is 3. The van der Waals surface area contributed by atoms with Gasteiger partial charge in [0.2, 0.25) is 0 Å². The average Bonchev–Trinajstić information content (AvgIpc) is 2.35. The molecule has 1 amide bonds. The van der Waals surface area contributed by atoms with Crippen LogP contribution in [0.5, 0.6) is 0 Å². The van der Waals surface area contributed by atoms with Gasteiger partial charge in [-0.15, -0.1) is 0 Å². The number of hydrogen-bond donors (Lipinski definition) is 4. The number of nitrogens with zero attached hydrogens (tertiary/aromatic N) is 1. The second-order valence-electron chi connectivity index (χ2n) is 4.16. The molecule has 0 bridgehead atoms. The molecule has 2 atom stereocenters. The van der Waals surface area contributed by atoms with Crippen LogP contribution in [0.3, 0.4) is 0 Å². The second-order valence-corrected chi connectivity index (χ2v) is 11.8. The Morgan fingerprint density at radius 3 is 2.83 bits per heavy atom. The number of carbonyl (C=O) groups excluding carboxylic acids is 1. The summed E-state index contributed by atoms with van der Waals surface area (Å²) in [5.41, 5.74) is 16.3. The number of aliphatic imine (C=N–C) groups is 1. The van der Waals surface area contributed by atoms with Crippen molar-refractivity contribution in [2.24, 2.45) is 22.2 Å².